The lowest BCUT2D eigenvalue weighted by Gasteiger charge is -2.33. The van der Waals surface area contributed by atoms with Crippen LogP contribution in [0.4, 0.5) is 0 Å². The van der Waals surface area contributed by atoms with Crippen LogP contribution in [0, 0.1) is 0 Å². The lowest BCUT2D eigenvalue weighted by Crippen LogP contribution is -2.39. The molecule has 5 heteroatoms. The van der Waals surface area contributed by atoms with Gasteiger partial charge in [0.15, 0.2) is 0 Å². The van der Waals surface area contributed by atoms with Crippen LogP contribution in [0.5, 0.6) is 0 Å². The number of carbonyl (C=O) groups excluding carboxylic acids is 1. The molecule has 0 spiro atoms. The molecule has 1 unspecified atom stereocenters. The zero-order valence-electron chi connectivity index (χ0n) is 11.7. The Morgan fingerprint density at radius 3 is 2.55 bits per heavy atom. The maximum Gasteiger partial charge on any atom is 0.328 e. The summed E-state index contributed by atoms with van der Waals surface area (Å²) >= 11 is 3.55. The molecule has 1 atom stereocenters. The normalized spacial score (nSPS) is 17.1. The van der Waals surface area contributed by atoms with E-state index >= 15 is 0 Å². The molecule has 0 aromatic heterocycles. The molecule has 0 aliphatic carbocycles. The number of halogens is 2. The van der Waals surface area contributed by atoms with Crippen LogP contribution >= 0.6 is 28.3 Å². The van der Waals surface area contributed by atoms with Crippen molar-refractivity contribution < 1.29 is 9.53 Å². The van der Waals surface area contributed by atoms with Crippen LogP contribution in [0.15, 0.2) is 28.7 Å². The van der Waals surface area contributed by atoms with Gasteiger partial charge in [0.1, 0.15) is 6.04 Å². The molecule has 112 valence electrons. The highest BCUT2D eigenvalue weighted by molar-refractivity contribution is 9.10. The fourth-order valence-electron chi connectivity index (χ4n) is 2.57. The van der Waals surface area contributed by atoms with Crippen LogP contribution in [0.25, 0.3) is 0 Å². The molecule has 1 aromatic carbocycles. The maximum absolute atomic E-state index is 12.3. The Hall–Kier alpha value is -0.580. The maximum atomic E-state index is 12.3. The molecule has 1 aliphatic rings. The number of hydrogen-bond donors (Lipinski definition) is 0. The average Bonchev–Trinajstić information content (AvgIpc) is 2.43. The Morgan fingerprint density at radius 2 is 1.95 bits per heavy atom. The molecule has 0 amide bonds. The van der Waals surface area contributed by atoms with Crippen molar-refractivity contribution in [3.8, 4) is 0 Å². The lowest BCUT2D eigenvalue weighted by atomic mass is 10.0. The van der Waals surface area contributed by atoms with Gasteiger partial charge >= 0.3 is 5.97 Å². The summed E-state index contributed by atoms with van der Waals surface area (Å²) in [7, 11) is 0. The van der Waals surface area contributed by atoms with Crippen LogP contribution in [0.3, 0.4) is 0 Å². The third-order valence-corrected chi connectivity index (χ3v) is 4.19. The monoisotopic (exact) mass is 361 g/mol. The summed E-state index contributed by atoms with van der Waals surface area (Å²) in [5.74, 6) is -0.142. The van der Waals surface area contributed by atoms with Gasteiger partial charge in [-0.3, -0.25) is 4.90 Å². The number of ether oxygens (including phenoxy) is 1. The van der Waals surface area contributed by atoms with Crippen LogP contribution in [0.2, 0.25) is 0 Å². The molecule has 1 saturated heterocycles. The number of rotatable bonds is 4. The van der Waals surface area contributed by atoms with Gasteiger partial charge in [-0.2, -0.15) is 0 Å². The fraction of sp³-hybridized carbons (Fsp3) is 0.533. The number of carbonyl (C=O) groups is 1. The van der Waals surface area contributed by atoms with Gasteiger partial charge in [0.2, 0.25) is 0 Å². The minimum Gasteiger partial charge on any atom is -0.465 e. The van der Waals surface area contributed by atoms with Crippen LogP contribution < -0.4 is 0 Å². The fourth-order valence-corrected chi connectivity index (χ4v) is 3.07. The van der Waals surface area contributed by atoms with Crippen LogP contribution in [-0.2, 0) is 9.53 Å². The number of nitrogens with zero attached hydrogens (tertiary/aromatic N) is 1. The molecule has 0 bridgehead atoms. The number of benzene rings is 1. The highest BCUT2D eigenvalue weighted by Gasteiger charge is 2.31. The van der Waals surface area contributed by atoms with Crippen molar-refractivity contribution in [3.05, 3.63) is 34.3 Å². The highest BCUT2D eigenvalue weighted by atomic mass is 79.9. The second-order valence-electron chi connectivity index (χ2n) is 4.77. The molecule has 1 aromatic rings. The summed E-state index contributed by atoms with van der Waals surface area (Å²) in [6, 6.07) is 7.63. The van der Waals surface area contributed by atoms with Crippen LogP contribution in [0.1, 0.15) is 37.8 Å². The smallest absolute Gasteiger partial charge is 0.328 e. The Balaban J connectivity index is 0.00000200. The Bertz CT molecular complexity index is 436. The number of esters is 1. The van der Waals surface area contributed by atoms with Gasteiger partial charge in [-0.05, 0) is 44.5 Å². The van der Waals surface area contributed by atoms with E-state index in [1.54, 1.807) is 0 Å². The highest BCUT2D eigenvalue weighted by Crippen LogP contribution is 2.31. The van der Waals surface area contributed by atoms with E-state index in [1.165, 1.54) is 6.42 Å². The van der Waals surface area contributed by atoms with E-state index in [1.807, 2.05) is 31.2 Å². The van der Waals surface area contributed by atoms with E-state index in [9.17, 15) is 4.79 Å². The Morgan fingerprint density at radius 1 is 1.30 bits per heavy atom. The summed E-state index contributed by atoms with van der Waals surface area (Å²) in [6.45, 7) is 4.20. The van der Waals surface area contributed by atoms with Crippen molar-refractivity contribution in [1.82, 2.24) is 4.90 Å². The largest absolute Gasteiger partial charge is 0.465 e. The van der Waals surface area contributed by atoms with E-state index in [0.717, 1.165) is 36.0 Å². The van der Waals surface area contributed by atoms with Gasteiger partial charge in [-0.25, -0.2) is 4.79 Å². The van der Waals surface area contributed by atoms with E-state index in [4.69, 9.17) is 4.74 Å². The molecule has 1 aliphatic heterocycles. The van der Waals surface area contributed by atoms with E-state index in [0.29, 0.717) is 6.61 Å². The van der Waals surface area contributed by atoms with Gasteiger partial charge in [-0.15, -0.1) is 12.4 Å². The zero-order valence-corrected chi connectivity index (χ0v) is 14.1. The third-order valence-electron chi connectivity index (χ3n) is 3.47. The van der Waals surface area contributed by atoms with Gasteiger partial charge in [0.25, 0.3) is 0 Å². The Kier molecular flexibility index (Phi) is 7.56. The summed E-state index contributed by atoms with van der Waals surface area (Å²) < 4.78 is 6.24. The minimum atomic E-state index is -0.282. The van der Waals surface area contributed by atoms with E-state index in [-0.39, 0.29) is 24.4 Å². The molecule has 1 heterocycles. The first kappa shape index (κ1) is 17.5. The first-order valence-electron chi connectivity index (χ1n) is 6.89. The minimum absolute atomic E-state index is 0. The lowest BCUT2D eigenvalue weighted by molar-refractivity contribution is -0.150. The molecule has 0 saturated carbocycles. The first-order valence-corrected chi connectivity index (χ1v) is 7.68. The van der Waals surface area contributed by atoms with E-state index in [2.05, 4.69) is 20.8 Å². The predicted molar refractivity (Wildman–Crippen MR) is 86.2 cm³/mol. The quantitative estimate of drug-likeness (QED) is 0.759. The summed E-state index contributed by atoms with van der Waals surface area (Å²) in [6.07, 6.45) is 3.56. The van der Waals surface area contributed by atoms with Crippen molar-refractivity contribution in [1.29, 1.82) is 0 Å². The second-order valence-corrected chi connectivity index (χ2v) is 5.63. The summed E-state index contributed by atoms with van der Waals surface area (Å²) in [5, 5.41) is 0. The van der Waals surface area contributed by atoms with Gasteiger partial charge in [-0.1, -0.05) is 40.5 Å². The van der Waals surface area contributed by atoms with Crippen molar-refractivity contribution in [2.45, 2.75) is 32.2 Å². The molecular formula is C15H21BrClNO2. The zero-order chi connectivity index (χ0) is 13.7. The van der Waals surface area contributed by atoms with Crippen molar-refractivity contribution in [3.63, 3.8) is 0 Å². The number of likely N-dealkylation sites (tertiary alicyclic amines) is 1. The molecule has 0 radical (unpaired) electrons. The Labute approximate surface area is 135 Å². The van der Waals surface area contributed by atoms with Crippen molar-refractivity contribution in [2.75, 3.05) is 19.7 Å². The molecule has 20 heavy (non-hydrogen) atoms. The number of hydrogen-bond acceptors (Lipinski definition) is 3. The third kappa shape index (κ3) is 4.21. The first-order chi connectivity index (χ1) is 9.24. The van der Waals surface area contributed by atoms with E-state index < -0.39 is 0 Å². The van der Waals surface area contributed by atoms with Crippen molar-refractivity contribution >= 4 is 34.3 Å². The van der Waals surface area contributed by atoms with Gasteiger partial charge < -0.3 is 4.74 Å². The predicted octanol–water partition coefficient (Wildman–Crippen LogP) is 3.96. The SMILES string of the molecule is CCOC(=O)C(c1ccccc1Br)N1CCCCC1.Cl. The second kappa shape index (κ2) is 8.65. The van der Waals surface area contributed by atoms with Crippen LogP contribution in [-0.4, -0.2) is 30.6 Å². The standard InChI is InChI=1S/C15H20BrNO2.ClH/c1-2-19-15(18)14(17-10-6-3-7-11-17)12-8-4-5-9-13(12)16;/h4-5,8-9,14H,2-3,6-7,10-11H2,1H3;1H. The average molecular weight is 363 g/mol. The molecule has 2 rings (SSSR count). The van der Waals surface area contributed by atoms with Gasteiger partial charge in [0, 0.05) is 4.47 Å². The number of piperidine rings is 1. The molecule has 1 fully saturated rings. The molecule has 3 nitrogen and oxygen atoms in total. The summed E-state index contributed by atoms with van der Waals surface area (Å²) in [5.41, 5.74) is 1.00. The topological polar surface area (TPSA) is 29.5 Å². The molecule has 0 N–H and O–H groups in total. The molecular weight excluding hydrogens is 342 g/mol. The summed E-state index contributed by atoms with van der Waals surface area (Å²) in [4.78, 5) is 14.5. The van der Waals surface area contributed by atoms with Gasteiger partial charge in [0.05, 0.1) is 6.61 Å². The van der Waals surface area contributed by atoms with Crippen molar-refractivity contribution in [2.24, 2.45) is 0 Å².